The lowest BCUT2D eigenvalue weighted by molar-refractivity contribution is 0.103. The van der Waals surface area contributed by atoms with Crippen LogP contribution in [0.25, 0.3) is 10.9 Å². The van der Waals surface area contributed by atoms with E-state index < -0.39 is 0 Å². The molecule has 1 aliphatic rings. The molecule has 0 atom stereocenters. The summed E-state index contributed by atoms with van der Waals surface area (Å²) in [5.74, 6) is 0.0482. The first kappa shape index (κ1) is 20.5. The van der Waals surface area contributed by atoms with E-state index in [9.17, 15) is 9.70 Å². The van der Waals surface area contributed by atoms with Crippen molar-refractivity contribution in [1.29, 1.82) is 0 Å². The van der Waals surface area contributed by atoms with Crippen LogP contribution in [-0.4, -0.2) is 35.3 Å². The summed E-state index contributed by atoms with van der Waals surface area (Å²) < 4.78 is 0. The molecule has 1 aliphatic carbocycles. The summed E-state index contributed by atoms with van der Waals surface area (Å²) >= 11 is 0. The fourth-order valence-electron chi connectivity index (χ4n) is 4.72. The van der Waals surface area contributed by atoms with E-state index in [0.717, 1.165) is 60.2 Å². The van der Waals surface area contributed by atoms with E-state index >= 15 is 0 Å². The monoisotopic (exact) mass is 403 g/mol. The van der Waals surface area contributed by atoms with Crippen molar-refractivity contribution in [3.8, 4) is 0 Å². The molecule has 3 aromatic rings. The number of hydrogen-bond acceptors (Lipinski definition) is 4. The van der Waals surface area contributed by atoms with Gasteiger partial charge in [-0.05, 0) is 67.0 Å². The van der Waals surface area contributed by atoms with Crippen LogP contribution in [-0.2, 0) is 11.8 Å². The Morgan fingerprint density at radius 1 is 1.07 bits per heavy atom. The highest BCUT2D eigenvalue weighted by Gasteiger charge is 2.39. The molecule has 1 heterocycles. The molecule has 156 valence electrons. The number of hydrogen-bond donors (Lipinski definition) is 1. The second-order valence-corrected chi connectivity index (χ2v) is 8.66. The molecule has 2 aromatic carbocycles. The van der Waals surface area contributed by atoms with Gasteiger partial charge in [0.05, 0.1) is 5.56 Å². The smallest absolute Gasteiger partial charge is 0.195 e. The molecule has 0 aliphatic heterocycles. The molecule has 4 rings (SSSR count). The maximum Gasteiger partial charge on any atom is 0.195 e. The number of aromatic amines is 1. The number of H-pyrrole nitrogens is 1. The zero-order valence-electron chi connectivity index (χ0n) is 18.2. The number of nitroso groups, excluding NO2 is 1. The van der Waals surface area contributed by atoms with Crippen LogP contribution in [0.5, 0.6) is 0 Å². The van der Waals surface area contributed by atoms with Crippen molar-refractivity contribution in [2.45, 2.75) is 46.0 Å². The van der Waals surface area contributed by atoms with E-state index in [1.807, 2.05) is 12.1 Å². The minimum absolute atomic E-state index is 0.0482. The van der Waals surface area contributed by atoms with Crippen molar-refractivity contribution in [3.05, 3.63) is 69.3 Å². The summed E-state index contributed by atoms with van der Waals surface area (Å²) in [5.41, 5.74) is 5.56. The summed E-state index contributed by atoms with van der Waals surface area (Å²) in [6.07, 6.45) is 2.11. The third-order valence-corrected chi connectivity index (χ3v) is 6.58. The summed E-state index contributed by atoms with van der Waals surface area (Å²) in [6, 6.07) is 11.5. The Hall–Kier alpha value is -2.79. The van der Waals surface area contributed by atoms with Gasteiger partial charge in [-0.15, -0.1) is 4.91 Å². The Bertz CT molecular complexity index is 1120. The maximum atomic E-state index is 13.4. The number of ketones is 1. The van der Waals surface area contributed by atoms with Crippen molar-refractivity contribution in [3.63, 3.8) is 0 Å². The van der Waals surface area contributed by atoms with Crippen LogP contribution in [0.4, 0.5) is 5.69 Å². The number of nitrogens with one attached hydrogen (secondary N) is 1. The number of rotatable bonds is 7. The number of carbonyl (C=O) groups is 1. The molecular weight excluding hydrogens is 374 g/mol. The van der Waals surface area contributed by atoms with Crippen molar-refractivity contribution in [1.82, 2.24) is 9.88 Å². The lowest BCUT2D eigenvalue weighted by atomic mass is 9.70. The number of nitrogens with zero attached hydrogens (tertiary/aromatic N) is 2. The molecule has 0 amide bonds. The molecule has 0 saturated carbocycles. The van der Waals surface area contributed by atoms with Crippen molar-refractivity contribution in [2.24, 2.45) is 5.18 Å². The van der Waals surface area contributed by atoms with Crippen LogP contribution in [0.15, 0.2) is 41.6 Å². The number of aryl methyl sites for hydroxylation is 1. The molecule has 0 radical (unpaired) electrons. The molecule has 5 heteroatoms. The lowest BCUT2D eigenvalue weighted by Crippen LogP contribution is -2.30. The van der Waals surface area contributed by atoms with E-state index in [1.165, 1.54) is 5.56 Å². The highest BCUT2D eigenvalue weighted by Crippen LogP contribution is 2.44. The van der Waals surface area contributed by atoms with Gasteiger partial charge in [-0.25, -0.2) is 0 Å². The SMILES string of the molecule is CCN(CC)CCCc1ccc2c(c1)C(C)(C)c1[nH]c3cc(N=O)ccc3c1C2=O. The zero-order valence-corrected chi connectivity index (χ0v) is 18.2. The van der Waals surface area contributed by atoms with Gasteiger partial charge in [0.15, 0.2) is 5.78 Å². The highest BCUT2D eigenvalue weighted by atomic mass is 16.3. The van der Waals surface area contributed by atoms with Crippen LogP contribution < -0.4 is 0 Å². The molecular formula is C25H29N3O2. The van der Waals surface area contributed by atoms with E-state index in [1.54, 1.807) is 12.1 Å². The van der Waals surface area contributed by atoms with Crippen molar-refractivity contribution >= 4 is 22.4 Å². The quantitative estimate of drug-likeness (QED) is 0.514. The molecule has 0 bridgehead atoms. The first-order valence-corrected chi connectivity index (χ1v) is 10.8. The first-order valence-electron chi connectivity index (χ1n) is 10.8. The van der Waals surface area contributed by atoms with Gasteiger partial charge in [0.1, 0.15) is 5.69 Å². The molecule has 0 unspecified atom stereocenters. The van der Waals surface area contributed by atoms with E-state index in [2.05, 4.69) is 54.9 Å². The Morgan fingerprint density at radius 2 is 1.83 bits per heavy atom. The third kappa shape index (κ3) is 3.27. The molecule has 0 spiro atoms. The molecule has 30 heavy (non-hydrogen) atoms. The number of aromatic nitrogens is 1. The molecule has 5 nitrogen and oxygen atoms in total. The van der Waals surface area contributed by atoms with Crippen LogP contribution in [0.3, 0.4) is 0 Å². The van der Waals surface area contributed by atoms with E-state index in [-0.39, 0.29) is 11.2 Å². The Labute approximate surface area is 177 Å². The van der Waals surface area contributed by atoms with Crippen LogP contribution >= 0.6 is 0 Å². The van der Waals surface area contributed by atoms with Gasteiger partial charge >= 0.3 is 0 Å². The minimum atomic E-state index is -0.332. The van der Waals surface area contributed by atoms with Gasteiger partial charge in [-0.3, -0.25) is 4.79 Å². The summed E-state index contributed by atoms with van der Waals surface area (Å²) in [7, 11) is 0. The largest absolute Gasteiger partial charge is 0.357 e. The molecule has 1 aromatic heterocycles. The van der Waals surface area contributed by atoms with Gasteiger partial charge in [0, 0.05) is 27.6 Å². The van der Waals surface area contributed by atoms with Crippen LogP contribution in [0, 0.1) is 4.91 Å². The average Bonchev–Trinajstić information content (AvgIpc) is 3.15. The summed E-state index contributed by atoms with van der Waals surface area (Å²) in [6.45, 7) is 12.0. The molecule has 0 fully saturated rings. The second-order valence-electron chi connectivity index (χ2n) is 8.66. The van der Waals surface area contributed by atoms with Gasteiger partial charge in [0.2, 0.25) is 0 Å². The average molecular weight is 404 g/mol. The Morgan fingerprint density at radius 3 is 2.53 bits per heavy atom. The lowest BCUT2D eigenvalue weighted by Gasteiger charge is -2.32. The highest BCUT2D eigenvalue weighted by molar-refractivity contribution is 6.20. The molecule has 0 saturated heterocycles. The summed E-state index contributed by atoms with van der Waals surface area (Å²) in [4.78, 5) is 30.2. The van der Waals surface area contributed by atoms with Crippen molar-refractivity contribution in [2.75, 3.05) is 19.6 Å². The first-order chi connectivity index (χ1) is 14.4. The predicted molar refractivity (Wildman–Crippen MR) is 122 cm³/mol. The maximum absolute atomic E-state index is 13.4. The Kier molecular flexibility index (Phi) is 5.33. The van der Waals surface area contributed by atoms with Crippen LogP contribution in [0.2, 0.25) is 0 Å². The van der Waals surface area contributed by atoms with E-state index in [4.69, 9.17) is 0 Å². The standard InChI is InChI=1S/C25H29N3O2/c1-5-28(6-2)13-7-8-16-9-11-18-20(14-16)25(3,4)24-22(23(18)29)19-12-10-17(27-30)15-21(19)26-24/h9-12,14-15,26H,5-8,13H2,1-4H3. The summed E-state index contributed by atoms with van der Waals surface area (Å²) in [5, 5.41) is 3.88. The Balaban J connectivity index is 1.71. The number of carbonyl (C=O) groups excluding carboxylic acids is 1. The molecule has 1 N–H and O–H groups in total. The van der Waals surface area contributed by atoms with Gasteiger partial charge in [0.25, 0.3) is 0 Å². The van der Waals surface area contributed by atoms with Gasteiger partial charge in [-0.2, -0.15) is 0 Å². The topological polar surface area (TPSA) is 65.5 Å². The number of fused-ring (bicyclic) bond motifs is 4. The van der Waals surface area contributed by atoms with Crippen molar-refractivity contribution < 1.29 is 4.79 Å². The second kappa shape index (κ2) is 7.80. The van der Waals surface area contributed by atoms with Gasteiger partial charge in [-0.1, -0.05) is 45.9 Å². The van der Waals surface area contributed by atoms with E-state index in [0.29, 0.717) is 11.3 Å². The zero-order chi connectivity index (χ0) is 21.5. The number of benzene rings is 2. The normalized spacial score (nSPS) is 14.8. The third-order valence-electron chi connectivity index (χ3n) is 6.58. The fourth-order valence-corrected chi connectivity index (χ4v) is 4.72. The van der Waals surface area contributed by atoms with Crippen LogP contribution in [0.1, 0.15) is 66.9 Å². The fraction of sp³-hybridized carbons (Fsp3) is 0.400. The predicted octanol–water partition coefficient (Wildman–Crippen LogP) is 5.71. The minimum Gasteiger partial charge on any atom is -0.357 e. The van der Waals surface area contributed by atoms with Gasteiger partial charge < -0.3 is 9.88 Å².